The van der Waals surface area contributed by atoms with Gasteiger partial charge in [-0.3, -0.25) is 9.69 Å². The Bertz CT molecular complexity index is 416. The van der Waals surface area contributed by atoms with E-state index in [0.717, 1.165) is 17.0 Å². The molecule has 0 unspecified atom stereocenters. The molecule has 1 N–H and O–H groups in total. The van der Waals surface area contributed by atoms with Gasteiger partial charge in [-0.15, -0.1) is 0 Å². The van der Waals surface area contributed by atoms with E-state index in [4.69, 9.17) is 4.74 Å². The lowest BCUT2D eigenvalue weighted by Crippen LogP contribution is -2.34. The number of nitrogens with one attached hydrogen (secondary N) is 1. The zero-order chi connectivity index (χ0) is 13.7. The molecule has 4 nitrogen and oxygen atoms in total. The first kappa shape index (κ1) is 14.5. The molecule has 100 valence electrons. The van der Waals surface area contributed by atoms with Crippen molar-refractivity contribution in [1.82, 2.24) is 4.90 Å². The van der Waals surface area contributed by atoms with E-state index in [1.54, 1.807) is 7.11 Å². The molecule has 4 heteroatoms. The second kappa shape index (κ2) is 6.40. The molecule has 0 saturated carbocycles. The van der Waals surface area contributed by atoms with Crippen molar-refractivity contribution < 1.29 is 9.53 Å². The fraction of sp³-hybridized carbons (Fsp3) is 0.500. The number of amides is 1. The van der Waals surface area contributed by atoms with Crippen LogP contribution in [-0.2, 0) is 4.79 Å². The van der Waals surface area contributed by atoms with Gasteiger partial charge >= 0.3 is 0 Å². The second-order valence-corrected chi connectivity index (χ2v) is 4.74. The summed E-state index contributed by atoms with van der Waals surface area (Å²) in [5, 5.41) is 2.88. The number of benzene rings is 1. The Hall–Kier alpha value is -1.55. The summed E-state index contributed by atoms with van der Waals surface area (Å²) in [6, 6.07) is 5.97. The lowest BCUT2D eigenvalue weighted by atomic mass is 10.2. The van der Waals surface area contributed by atoms with E-state index in [1.165, 1.54) is 0 Å². The number of rotatable bonds is 5. The first-order valence-electron chi connectivity index (χ1n) is 6.08. The number of hydrogen-bond donors (Lipinski definition) is 1. The van der Waals surface area contributed by atoms with E-state index in [1.807, 2.05) is 37.1 Å². The number of nitrogens with zero attached hydrogens (tertiary/aromatic N) is 1. The highest BCUT2D eigenvalue weighted by atomic mass is 16.5. The van der Waals surface area contributed by atoms with E-state index in [-0.39, 0.29) is 5.91 Å². The molecular formula is C14H22N2O2. The molecule has 1 aromatic carbocycles. The average molecular weight is 250 g/mol. The summed E-state index contributed by atoms with van der Waals surface area (Å²) in [4.78, 5) is 13.8. The Kier molecular flexibility index (Phi) is 5.16. The van der Waals surface area contributed by atoms with Crippen molar-refractivity contribution in [2.24, 2.45) is 0 Å². The smallest absolute Gasteiger partial charge is 0.238 e. The summed E-state index contributed by atoms with van der Waals surface area (Å²) in [5.41, 5.74) is 1.81. The molecule has 0 heterocycles. The van der Waals surface area contributed by atoms with Crippen molar-refractivity contribution in [3.8, 4) is 5.75 Å². The molecule has 0 aliphatic rings. The molecule has 0 radical (unpaired) electrons. The molecule has 18 heavy (non-hydrogen) atoms. The van der Waals surface area contributed by atoms with Gasteiger partial charge in [-0.1, -0.05) is 0 Å². The molecule has 1 rings (SSSR count). The van der Waals surface area contributed by atoms with Gasteiger partial charge in [0.2, 0.25) is 5.91 Å². The third-order valence-electron chi connectivity index (χ3n) is 2.95. The van der Waals surface area contributed by atoms with E-state index >= 15 is 0 Å². The standard InChI is InChI=1S/C14H22N2O2/c1-10(2)16(4)9-14(17)15-12-6-7-13(18-5)11(3)8-12/h6-8,10H,9H2,1-5H3,(H,15,17). The third kappa shape index (κ3) is 4.04. The van der Waals surface area contributed by atoms with Crippen LogP contribution in [-0.4, -0.2) is 37.6 Å². The van der Waals surface area contributed by atoms with Crippen LogP contribution in [0.25, 0.3) is 0 Å². The molecule has 0 atom stereocenters. The Morgan fingerprint density at radius 1 is 1.44 bits per heavy atom. The number of aryl methyl sites for hydroxylation is 1. The van der Waals surface area contributed by atoms with Gasteiger partial charge in [0, 0.05) is 11.7 Å². The molecule has 0 aliphatic carbocycles. The summed E-state index contributed by atoms with van der Waals surface area (Å²) >= 11 is 0. The summed E-state index contributed by atoms with van der Waals surface area (Å²) in [6.07, 6.45) is 0. The van der Waals surface area contributed by atoms with Crippen LogP contribution in [0.2, 0.25) is 0 Å². The third-order valence-corrected chi connectivity index (χ3v) is 2.95. The van der Waals surface area contributed by atoms with E-state index in [9.17, 15) is 4.79 Å². The van der Waals surface area contributed by atoms with Crippen LogP contribution in [0.15, 0.2) is 18.2 Å². The highest BCUT2D eigenvalue weighted by Crippen LogP contribution is 2.21. The molecule has 1 amide bonds. The molecule has 1 aromatic rings. The maximum Gasteiger partial charge on any atom is 0.238 e. The highest BCUT2D eigenvalue weighted by molar-refractivity contribution is 5.92. The van der Waals surface area contributed by atoms with Gasteiger partial charge in [0.15, 0.2) is 0 Å². The summed E-state index contributed by atoms with van der Waals surface area (Å²) in [5.74, 6) is 0.822. The van der Waals surface area contributed by atoms with Crippen LogP contribution in [0, 0.1) is 6.92 Å². The van der Waals surface area contributed by atoms with Gasteiger partial charge in [0.05, 0.1) is 13.7 Å². The number of likely N-dealkylation sites (N-methyl/N-ethyl adjacent to an activating group) is 1. The molecule has 0 bridgehead atoms. The fourth-order valence-corrected chi connectivity index (χ4v) is 1.57. The Morgan fingerprint density at radius 3 is 2.61 bits per heavy atom. The first-order valence-corrected chi connectivity index (χ1v) is 6.08. The lowest BCUT2D eigenvalue weighted by Gasteiger charge is -2.20. The van der Waals surface area contributed by atoms with Crippen LogP contribution in [0.4, 0.5) is 5.69 Å². The molecule has 0 aliphatic heterocycles. The predicted molar refractivity (Wildman–Crippen MR) is 74.1 cm³/mol. The Morgan fingerprint density at radius 2 is 2.11 bits per heavy atom. The summed E-state index contributed by atoms with van der Waals surface area (Å²) in [6.45, 7) is 6.47. The number of anilines is 1. The number of methoxy groups -OCH3 is 1. The number of hydrogen-bond acceptors (Lipinski definition) is 3. The minimum Gasteiger partial charge on any atom is -0.496 e. The summed E-state index contributed by atoms with van der Waals surface area (Å²) in [7, 11) is 3.57. The molecular weight excluding hydrogens is 228 g/mol. The zero-order valence-electron chi connectivity index (χ0n) is 11.8. The Balaban J connectivity index is 2.62. The number of ether oxygens (including phenoxy) is 1. The van der Waals surface area contributed by atoms with Gasteiger partial charge in [-0.2, -0.15) is 0 Å². The Labute approximate surface area is 109 Å². The normalized spacial score (nSPS) is 10.8. The van der Waals surface area contributed by atoms with Gasteiger partial charge in [-0.25, -0.2) is 0 Å². The maximum atomic E-state index is 11.8. The second-order valence-electron chi connectivity index (χ2n) is 4.74. The topological polar surface area (TPSA) is 41.6 Å². The SMILES string of the molecule is COc1ccc(NC(=O)CN(C)C(C)C)cc1C. The lowest BCUT2D eigenvalue weighted by molar-refractivity contribution is -0.117. The molecule has 0 saturated heterocycles. The van der Waals surface area contributed by atoms with E-state index in [2.05, 4.69) is 19.2 Å². The predicted octanol–water partition coefficient (Wildman–Crippen LogP) is 2.28. The van der Waals surface area contributed by atoms with Crippen molar-refractivity contribution >= 4 is 11.6 Å². The maximum absolute atomic E-state index is 11.8. The highest BCUT2D eigenvalue weighted by Gasteiger charge is 2.10. The minimum absolute atomic E-state index is 0.00392. The van der Waals surface area contributed by atoms with Crippen molar-refractivity contribution in [2.75, 3.05) is 26.0 Å². The van der Waals surface area contributed by atoms with Crippen molar-refractivity contribution in [1.29, 1.82) is 0 Å². The quantitative estimate of drug-likeness (QED) is 0.871. The average Bonchev–Trinajstić information content (AvgIpc) is 2.28. The molecule has 0 spiro atoms. The fourth-order valence-electron chi connectivity index (χ4n) is 1.57. The van der Waals surface area contributed by atoms with Crippen molar-refractivity contribution in [2.45, 2.75) is 26.8 Å². The molecule has 0 fully saturated rings. The summed E-state index contributed by atoms with van der Waals surface area (Å²) < 4.78 is 5.18. The van der Waals surface area contributed by atoms with Crippen LogP contribution >= 0.6 is 0 Å². The first-order chi connectivity index (χ1) is 8.43. The van der Waals surface area contributed by atoms with Gasteiger partial charge < -0.3 is 10.1 Å². The van der Waals surface area contributed by atoms with Crippen LogP contribution in [0.1, 0.15) is 19.4 Å². The van der Waals surface area contributed by atoms with Crippen LogP contribution < -0.4 is 10.1 Å². The largest absolute Gasteiger partial charge is 0.496 e. The van der Waals surface area contributed by atoms with Crippen molar-refractivity contribution in [3.05, 3.63) is 23.8 Å². The zero-order valence-corrected chi connectivity index (χ0v) is 11.8. The minimum atomic E-state index is -0.00392. The van der Waals surface area contributed by atoms with Crippen LogP contribution in [0.3, 0.4) is 0 Å². The van der Waals surface area contributed by atoms with Crippen LogP contribution in [0.5, 0.6) is 5.75 Å². The number of carbonyl (C=O) groups is 1. The van der Waals surface area contributed by atoms with Gasteiger partial charge in [0.25, 0.3) is 0 Å². The number of carbonyl (C=O) groups excluding carboxylic acids is 1. The molecule has 0 aromatic heterocycles. The van der Waals surface area contributed by atoms with Crippen molar-refractivity contribution in [3.63, 3.8) is 0 Å². The van der Waals surface area contributed by atoms with E-state index in [0.29, 0.717) is 12.6 Å². The monoisotopic (exact) mass is 250 g/mol. The van der Waals surface area contributed by atoms with Gasteiger partial charge in [0.1, 0.15) is 5.75 Å². The van der Waals surface area contributed by atoms with E-state index < -0.39 is 0 Å². The van der Waals surface area contributed by atoms with Gasteiger partial charge in [-0.05, 0) is 51.6 Å².